The average molecular weight is 562 g/mol. The average Bonchev–Trinajstić information content (AvgIpc) is 3.04. The van der Waals surface area contributed by atoms with Crippen molar-refractivity contribution in [1.29, 1.82) is 0 Å². The lowest BCUT2D eigenvalue weighted by molar-refractivity contribution is -0.119. The second-order valence-corrected chi connectivity index (χ2v) is 13.0. The van der Waals surface area contributed by atoms with Gasteiger partial charge in [0.1, 0.15) is 5.00 Å². The predicted octanol–water partition coefficient (Wildman–Crippen LogP) is 3.11. The van der Waals surface area contributed by atoms with Crippen LogP contribution in [0.25, 0.3) is 0 Å². The fraction of sp³-hybridized carbons (Fsp3) is 0.500. The van der Waals surface area contributed by atoms with E-state index >= 15 is 0 Å². The molecule has 12 heteroatoms. The lowest BCUT2D eigenvalue weighted by atomic mass is 10.0. The molecule has 0 aliphatic carbocycles. The zero-order chi connectivity index (χ0) is 27.4. The highest BCUT2D eigenvalue weighted by molar-refractivity contribution is 7.89. The first-order valence-corrected chi connectivity index (χ1v) is 15.2. The van der Waals surface area contributed by atoms with E-state index < -0.39 is 27.7 Å². The lowest BCUT2D eigenvalue weighted by Gasteiger charge is -2.30. The van der Waals surface area contributed by atoms with Gasteiger partial charge in [-0.3, -0.25) is 30.1 Å². The van der Waals surface area contributed by atoms with Gasteiger partial charge in [0.15, 0.2) is 0 Å². The Labute approximate surface area is 227 Å². The summed E-state index contributed by atoms with van der Waals surface area (Å²) >= 11 is 1.35. The zero-order valence-corrected chi connectivity index (χ0v) is 23.6. The van der Waals surface area contributed by atoms with E-state index in [0.29, 0.717) is 42.7 Å². The number of hydrazine groups is 1. The molecular weight excluding hydrogens is 526 g/mol. The van der Waals surface area contributed by atoms with Crippen LogP contribution in [0.15, 0.2) is 29.2 Å². The minimum absolute atomic E-state index is 0.159. The van der Waals surface area contributed by atoms with Gasteiger partial charge in [-0.15, -0.1) is 11.3 Å². The fourth-order valence-corrected chi connectivity index (χ4v) is 7.57. The largest absolute Gasteiger partial charge is 0.313 e. The number of nitrogens with zero attached hydrogens (tertiary/aromatic N) is 2. The summed E-state index contributed by atoms with van der Waals surface area (Å²) in [6.45, 7) is 7.98. The molecule has 2 aliphatic rings. The molecule has 0 radical (unpaired) electrons. The van der Waals surface area contributed by atoms with Crippen LogP contribution in [0.5, 0.6) is 0 Å². The number of rotatable bonds is 6. The van der Waals surface area contributed by atoms with E-state index in [4.69, 9.17) is 0 Å². The van der Waals surface area contributed by atoms with Crippen molar-refractivity contribution in [3.8, 4) is 0 Å². The van der Waals surface area contributed by atoms with Crippen LogP contribution in [0.4, 0.5) is 5.00 Å². The molecule has 2 aromatic rings. The Morgan fingerprint density at radius 2 is 1.58 bits per heavy atom. The Morgan fingerprint density at radius 1 is 0.921 bits per heavy atom. The van der Waals surface area contributed by atoms with E-state index in [1.807, 2.05) is 0 Å². The van der Waals surface area contributed by atoms with Crippen LogP contribution >= 0.6 is 11.3 Å². The van der Waals surface area contributed by atoms with Crippen molar-refractivity contribution < 1.29 is 22.8 Å². The van der Waals surface area contributed by atoms with Gasteiger partial charge in [-0.1, -0.05) is 12.8 Å². The second-order valence-electron chi connectivity index (χ2n) is 9.95. The Bertz CT molecular complexity index is 1300. The monoisotopic (exact) mass is 561 g/mol. The third-order valence-corrected chi connectivity index (χ3v) is 9.99. The first-order chi connectivity index (χ1) is 18.1. The van der Waals surface area contributed by atoms with Crippen LogP contribution in [0.2, 0.25) is 0 Å². The number of thiophene rings is 1. The van der Waals surface area contributed by atoms with Gasteiger partial charge in [-0.05, 0) is 62.9 Å². The zero-order valence-electron chi connectivity index (χ0n) is 22.0. The van der Waals surface area contributed by atoms with Gasteiger partial charge in [0.25, 0.3) is 11.8 Å². The summed E-state index contributed by atoms with van der Waals surface area (Å²) in [5.74, 6) is -1.35. The molecule has 3 amide bonds. The van der Waals surface area contributed by atoms with E-state index in [-0.39, 0.29) is 10.5 Å². The number of amides is 3. The number of nitrogens with one attached hydrogen (secondary N) is 3. The highest BCUT2D eigenvalue weighted by Crippen LogP contribution is 2.38. The molecule has 206 valence electrons. The molecule has 0 bridgehead atoms. The molecule has 0 unspecified atom stereocenters. The van der Waals surface area contributed by atoms with E-state index in [2.05, 4.69) is 34.9 Å². The Balaban J connectivity index is 1.56. The van der Waals surface area contributed by atoms with Gasteiger partial charge < -0.3 is 5.32 Å². The summed E-state index contributed by atoms with van der Waals surface area (Å²) in [6.07, 6.45) is 4.38. The number of fused-ring (bicyclic) bond motifs is 1. The van der Waals surface area contributed by atoms with Crippen molar-refractivity contribution >= 4 is 44.1 Å². The number of hydrogen-bond acceptors (Lipinski definition) is 7. The number of anilines is 1. The Kier molecular flexibility index (Phi) is 8.86. The molecular formula is C26H35N5O5S2. The molecule has 1 aromatic carbocycles. The van der Waals surface area contributed by atoms with Gasteiger partial charge in [-0.2, -0.15) is 4.31 Å². The summed E-state index contributed by atoms with van der Waals surface area (Å²) in [7, 11) is -3.62. The minimum atomic E-state index is -3.62. The predicted molar refractivity (Wildman–Crippen MR) is 146 cm³/mol. The number of sulfonamides is 1. The maximum Gasteiger partial charge on any atom is 0.272 e. The maximum absolute atomic E-state index is 13.2. The van der Waals surface area contributed by atoms with Gasteiger partial charge in [-0.25, -0.2) is 8.42 Å². The van der Waals surface area contributed by atoms with E-state index in [0.717, 1.165) is 42.7 Å². The first-order valence-electron chi connectivity index (χ1n) is 12.9. The van der Waals surface area contributed by atoms with Crippen molar-refractivity contribution in [1.82, 2.24) is 20.1 Å². The van der Waals surface area contributed by atoms with Crippen molar-refractivity contribution in [2.24, 2.45) is 0 Å². The van der Waals surface area contributed by atoms with Gasteiger partial charge in [0, 0.05) is 49.6 Å². The molecule has 1 fully saturated rings. The molecule has 1 saturated heterocycles. The second kappa shape index (κ2) is 11.9. The smallest absolute Gasteiger partial charge is 0.272 e. The van der Waals surface area contributed by atoms with E-state index in [9.17, 15) is 22.8 Å². The molecule has 2 aliphatic heterocycles. The molecule has 3 N–H and O–H groups in total. The number of carbonyl (C=O) groups is 3. The number of benzene rings is 1. The third kappa shape index (κ3) is 6.25. The highest BCUT2D eigenvalue weighted by Gasteiger charge is 2.30. The van der Waals surface area contributed by atoms with Gasteiger partial charge >= 0.3 is 0 Å². The molecule has 1 aromatic heterocycles. The topological polar surface area (TPSA) is 128 Å². The summed E-state index contributed by atoms with van der Waals surface area (Å²) in [6, 6.07) is 6.24. The molecule has 3 heterocycles. The van der Waals surface area contributed by atoms with Crippen LogP contribution < -0.4 is 16.2 Å². The summed E-state index contributed by atoms with van der Waals surface area (Å²) in [5, 5.41) is 3.25. The van der Waals surface area contributed by atoms with Crippen molar-refractivity contribution in [2.75, 3.05) is 25.0 Å². The van der Waals surface area contributed by atoms with Crippen LogP contribution in [0.3, 0.4) is 0 Å². The summed E-state index contributed by atoms with van der Waals surface area (Å²) < 4.78 is 27.7. The third-order valence-electron chi connectivity index (χ3n) is 6.94. The molecule has 4 rings (SSSR count). The molecule has 10 nitrogen and oxygen atoms in total. The fourth-order valence-electron chi connectivity index (χ4n) is 4.78. The minimum Gasteiger partial charge on any atom is -0.313 e. The lowest BCUT2D eigenvalue weighted by Crippen LogP contribution is -2.41. The van der Waals surface area contributed by atoms with Crippen LogP contribution in [0.1, 0.15) is 77.6 Å². The number of carbonyl (C=O) groups excluding carboxylic acids is 3. The molecule has 0 atom stereocenters. The molecule has 38 heavy (non-hydrogen) atoms. The standard InChI is InChI=1S/C26H35N5O5S2/c1-17(2)30-15-12-21-22(16-30)37-26(23(21)25(34)29-28-18(3)32)27-24(33)19-8-10-20(11-9-19)38(35,36)31-13-6-4-5-7-14-31/h8-11,17H,4-7,12-16H2,1-3H3,(H,27,33)(H,28,32)(H,29,34). The van der Waals surface area contributed by atoms with E-state index in [1.165, 1.54) is 46.8 Å². The quantitative estimate of drug-likeness (QED) is 0.465. The van der Waals surface area contributed by atoms with E-state index in [1.54, 1.807) is 0 Å². The first kappa shape index (κ1) is 28.2. The Morgan fingerprint density at radius 3 is 2.18 bits per heavy atom. The normalized spacial score (nSPS) is 16.9. The van der Waals surface area contributed by atoms with Crippen LogP contribution in [-0.4, -0.2) is 61.0 Å². The SMILES string of the molecule is CC(=O)NNC(=O)c1c(NC(=O)c2ccc(S(=O)(=O)N3CCCCCC3)cc2)sc2c1CCN(C(C)C)C2. The number of hydrogen-bond donors (Lipinski definition) is 3. The van der Waals surface area contributed by atoms with Gasteiger partial charge in [0.05, 0.1) is 10.5 Å². The summed E-state index contributed by atoms with van der Waals surface area (Å²) in [4.78, 5) is 41.0. The van der Waals surface area contributed by atoms with Crippen molar-refractivity contribution in [3.05, 3.63) is 45.8 Å². The van der Waals surface area contributed by atoms with Crippen LogP contribution in [0, 0.1) is 0 Å². The van der Waals surface area contributed by atoms with Crippen LogP contribution in [-0.2, 0) is 27.8 Å². The molecule has 0 saturated carbocycles. The van der Waals surface area contributed by atoms with Gasteiger partial charge in [0.2, 0.25) is 15.9 Å². The van der Waals surface area contributed by atoms with Crippen molar-refractivity contribution in [3.63, 3.8) is 0 Å². The summed E-state index contributed by atoms with van der Waals surface area (Å²) in [5.41, 5.74) is 6.22. The Hall–Kier alpha value is -2.80. The maximum atomic E-state index is 13.2. The highest BCUT2D eigenvalue weighted by atomic mass is 32.2. The molecule has 0 spiro atoms. The van der Waals surface area contributed by atoms with Crippen molar-refractivity contribution in [2.45, 2.75) is 70.4 Å².